The van der Waals surface area contributed by atoms with Gasteiger partial charge in [-0.05, 0) is 397 Å². The Bertz CT molecular complexity index is 5260. The number of Topliss-reactive ketones (excluding diaryl/α,β-unsaturated/α-hetero) is 1. The summed E-state index contributed by atoms with van der Waals surface area (Å²) < 4.78 is 22.2. The molecule has 32 atom stereocenters. The molecule has 18 aliphatic rings. The number of phenols is 2. The highest BCUT2D eigenvalue weighted by atomic mass is 16.5. The van der Waals surface area contributed by atoms with Crippen molar-refractivity contribution in [1.82, 2.24) is 0 Å². The first-order valence-corrected chi connectivity index (χ1v) is 50.6. The lowest BCUT2D eigenvalue weighted by Gasteiger charge is -2.50. The molecule has 7 N–H and O–H groups in total. The van der Waals surface area contributed by atoms with Gasteiger partial charge in [0, 0.05) is 67.2 Å². The SMILES string of the molecule is C.C.C.C.C.C.CO[C@H]1C=CC2C3CCc4cc(OC(C)=O)ccc4C3CC[C@@]21C.CO[C@H]1[C@@H](O)[C@@H](O)C2C3CCc4cc(C)ccc4C3CC[C@@]21C.CO[C@H]1[C@@H](O)[C@@H](O)C2C3CCc4cc(O)ccc4C3CC[C@@]21C.C[C@]12CCC3c4ccc(O)cc4CCC3C1CCC2=O.Cc1ccc2c(c1)CCC1C2CC[C@@]2(C)C1C=C[C@@H]2O.Cc1ccc2c(c1)CCC1C2CC[C@]2(C)C(=O)C=CC12. The van der Waals surface area contributed by atoms with Gasteiger partial charge in [-0.1, -0.05) is 206 Å². The summed E-state index contributed by atoms with van der Waals surface area (Å²) in [5.74, 6) is 11.7. The van der Waals surface area contributed by atoms with E-state index in [1.165, 1.54) is 132 Å². The Hall–Kier alpha value is -7.37. The number of ketones is 2. The first-order chi connectivity index (χ1) is 62.2. The number of aliphatic hydroxyl groups excluding tert-OH is 5. The zero-order valence-electron chi connectivity index (χ0n) is 79.7. The van der Waals surface area contributed by atoms with Crippen LogP contribution in [0.4, 0.5) is 0 Å². The largest absolute Gasteiger partial charge is 0.508 e. The molecule has 0 aliphatic heterocycles. The molecule has 0 spiro atoms. The van der Waals surface area contributed by atoms with E-state index in [4.69, 9.17) is 18.9 Å². The van der Waals surface area contributed by atoms with Crippen LogP contribution in [0, 0.1) is 124 Å². The number of carbonyl (C=O) groups excluding carboxylic acids is 3. The minimum Gasteiger partial charge on any atom is -0.508 e. The summed E-state index contributed by atoms with van der Waals surface area (Å²) in [6.07, 6.45) is 38.6. The van der Waals surface area contributed by atoms with E-state index in [1.807, 2.05) is 37.5 Å². The normalized spacial score (nSPS) is 39.3. The Labute approximate surface area is 817 Å². The van der Waals surface area contributed by atoms with Gasteiger partial charge in [-0.3, -0.25) is 14.4 Å². The van der Waals surface area contributed by atoms with Crippen LogP contribution in [0.15, 0.2) is 146 Å². The van der Waals surface area contributed by atoms with E-state index in [9.17, 15) is 50.1 Å². The number of hydrogen-bond donors (Lipinski definition) is 7. The van der Waals surface area contributed by atoms with Crippen molar-refractivity contribution < 1.29 is 69.1 Å². The first-order valence-electron chi connectivity index (χ1n) is 50.6. The van der Waals surface area contributed by atoms with Crippen molar-refractivity contribution in [1.29, 1.82) is 0 Å². The third kappa shape index (κ3) is 17.8. The van der Waals surface area contributed by atoms with Crippen molar-refractivity contribution in [3.8, 4) is 17.2 Å². The predicted molar refractivity (Wildman–Crippen MR) is 549 cm³/mol. The van der Waals surface area contributed by atoms with E-state index in [1.54, 1.807) is 42.5 Å². The van der Waals surface area contributed by atoms with Gasteiger partial charge in [0.1, 0.15) is 35.2 Å². The van der Waals surface area contributed by atoms with Crippen LogP contribution in [0.2, 0.25) is 0 Å². The van der Waals surface area contributed by atoms with Crippen LogP contribution in [0.3, 0.4) is 0 Å². The van der Waals surface area contributed by atoms with E-state index in [0.717, 1.165) is 109 Å². The Morgan fingerprint density at radius 1 is 0.346 bits per heavy atom. The van der Waals surface area contributed by atoms with E-state index in [2.05, 4.69) is 172 Å². The molecule has 9 fully saturated rings. The number of benzene rings is 6. The molecule has 744 valence electrons. The van der Waals surface area contributed by atoms with Crippen molar-refractivity contribution in [2.75, 3.05) is 21.3 Å². The van der Waals surface area contributed by atoms with Gasteiger partial charge in [-0.25, -0.2) is 0 Å². The number of aryl methyl sites for hydroxylation is 9. The minimum absolute atomic E-state index is 0. The van der Waals surface area contributed by atoms with Gasteiger partial charge in [-0.15, -0.1) is 0 Å². The monoisotopic (exact) mass is 1860 g/mol. The number of aromatic hydroxyl groups is 2. The molecule has 0 radical (unpaired) electrons. The molecule has 14 nitrogen and oxygen atoms in total. The summed E-state index contributed by atoms with van der Waals surface area (Å²) in [6, 6.07) is 38.7. The van der Waals surface area contributed by atoms with Crippen LogP contribution in [-0.4, -0.2) is 123 Å². The average Bonchev–Trinajstić information content (AvgIpc) is 1.56. The Morgan fingerprint density at radius 3 is 1.14 bits per heavy atom. The summed E-state index contributed by atoms with van der Waals surface area (Å²) in [5, 5.41) is 72.2. The first kappa shape index (κ1) is 106. The van der Waals surface area contributed by atoms with Crippen molar-refractivity contribution >= 4 is 17.5 Å². The molecule has 18 aliphatic carbocycles. The molecule has 0 amide bonds. The number of esters is 1. The van der Waals surface area contributed by atoms with E-state index in [0.29, 0.717) is 118 Å². The van der Waals surface area contributed by atoms with Gasteiger partial charge >= 0.3 is 5.97 Å². The molecule has 18 unspecified atom stereocenters. The lowest BCUT2D eigenvalue weighted by molar-refractivity contribution is -0.132. The van der Waals surface area contributed by atoms with Crippen molar-refractivity contribution in [2.45, 2.75) is 365 Å². The number of hydrogen-bond acceptors (Lipinski definition) is 14. The number of allylic oxidation sites excluding steroid dienone is 4. The lowest BCUT2D eigenvalue weighted by Crippen LogP contribution is -2.46. The molecule has 0 heterocycles. The van der Waals surface area contributed by atoms with Crippen molar-refractivity contribution in [3.05, 3.63) is 229 Å². The number of phenolic OH excluding ortho intramolecular Hbond substituents is 2. The zero-order valence-corrected chi connectivity index (χ0v) is 79.7. The van der Waals surface area contributed by atoms with Gasteiger partial charge in [-0.2, -0.15) is 0 Å². The predicted octanol–water partition coefficient (Wildman–Crippen LogP) is 25.1. The molecular weight excluding hydrogens is 1690 g/mol. The molecule has 0 saturated heterocycles. The van der Waals surface area contributed by atoms with Crippen LogP contribution in [-0.2, 0) is 67.1 Å². The molecule has 9 saturated carbocycles. The molecule has 14 heteroatoms. The van der Waals surface area contributed by atoms with Crippen LogP contribution in [0.5, 0.6) is 17.2 Å². The molecular formula is C122H172O14. The average molecular weight is 1860 g/mol. The summed E-state index contributed by atoms with van der Waals surface area (Å²) in [5.41, 5.74) is 21.5. The Balaban J connectivity index is 0.000000137. The van der Waals surface area contributed by atoms with E-state index < -0.39 is 24.4 Å². The standard InChI is InChI=1S/C21H26O3.C20H28O3.C19H26O4.C19H24O.C19H22O.C18H22O2.6CH4/c1-13(22)24-15-5-7-16-14(12-15)4-6-18-17(16)10-11-21(2)19(18)8-9-20(21)23-3;1-11-4-6-13-12(10-11)5-7-15-14(13)8-9-20(2)16(15)17(21)18(22)19(20)23-3;1-19-8-7-13-12-6-4-11(20)9-10(12)3-5-14(13)15(19)16(21)17(22)18(19)23-2;2*1-12-3-5-14-13(11-12)4-6-16-15(14)9-10-19(2)17(16)7-8-18(19)20;1-18-9-8-14-13-5-3-12(19)10-11(13)2-4-15(14)16(18)6-7-17(18)20;;;;;;/h5,7-9,12,17-20H,4,6,10-11H2,1-3H3;4,6,10,14-19,21-22H,5,7-9H2,1-3H3;4,6,9,13-18,20-22H,3,5,7-8H2,1-2H3;3,5,7-8,11,15-18,20H,4,6,9-10H2,1-2H3;3,5,7-8,11,15-17H,4,6,9-10H2,1-2H3;3,5,10,14-16,19H,2,4,6-9H2,1H3;6*1H4/t17?,18?,19?,20-,21-;14?,15?,16?,17-,18-,19-,20-;13?,14?,15?,16-,17-,18-,19-;15?,16?,17?,18-,19-;15?,16?,17?,19-;14?,15?,16?,18-;;;;;;/m000000....../s1. The lowest BCUT2D eigenvalue weighted by atomic mass is 9.55. The van der Waals surface area contributed by atoms with E-state index in [-0.39, 0.29) is 119 Å². The fourth-order valence-electron chi connectivity index (χ4n) is 33.2. The molecule has 24 rings (SSSR count). The highest BCUT2D eigenvalue weighted by Gasteiger charge is 2.66. The zero-order chi connectivity index (χ0) is 91.3. The highest BCUT2D eigenvalue weighted by molar-refractivity contribution is 5.97. The molecule has 6 aromatic rings. The van der Waals surface area contributed by atoms with Gasteiger partial charge < -0.3 is 54.7 Å². The smallest absolute Gasteiger partial charge is 0.308 e. The summed E-state index contributed by atoms with van der Waals surface area (Å²) in [4.78, 5) is 35.7. The number of aliphatic hydroxyl groups is 5. The number of rotatable bonds is 4. The maximum absolute atomic E-state index is 12.3. The summed E-state index contributed by atoms with van der Waals surface area (Å²) in [7, 11) is 5.14. The maximum Gasteiger partial charge on any atom is 0.308 e. The number of carbonyl (C=O) groups is 3. The number of ether oxygens (including phenoxy) is 4. The number of methoxy groups -OCH3 is 3. The van der Waals surface area contributed by atoms with E-state index >= 15 is 0 Å². The van der Waals surface area contributed by atoms with Crippen molar-refractivity contribution in [2.24, 2.45) is 104 Å². The second kappa shape index (κ2) is 40.9. The topological polar surface area (TPSA) is 230 Å². The molecule has 0 bridgehead atoms. The van der Waals surface area contributed by atoms with Crippen LogP contribution < -0.4 is 4.74 Å². The Kier molecular flexibility index (Phi) is 31.9. The number of fused-ring (bicyclic) bond motifs is 30. The molecule has 0 aromatic heterocycles. The fourth-order valence-corrected chi connectivity index (χ4v) is 33.2. The van der Waals surface area contributed by atoms with Crippen LogP contribution in [0.25, 0.3) is 0 Å². The minimum atomic E-state index is -0.796. The maximum atomic E-state index is 12.3. The third-order valence-electron chi connectivity index (χ3n) is 39.6. The third-order valence-corrected chi connectivity index (χ3v) is 39.6. The second-order valence-corrected chi connectivity index (χ2v) is 45.8. The highest BCUT2D eigenvalue weighted by Crippen LogP contribution is 2.67. The van der Waals surface area contributed by atoms with Gasteiger partial charge in [0.25, 0.3) is 0 Å². The van der Waals surface area contributed by atoms with Crippen LogP contribution >= 0.6 is 0 Å². The second-order valence-electron chi connectivity index (χ2n) is 45.8. The quantitative estimate of drug-likeness (QED) is 0.0495. The molecule has 136 heavy (non-hydrogen) atoms. The van der Waals surface area contributed by atoms with Crippen LogP contribution in [0.1, 0.15) is 340 Å². The van der Waals surface area contributed by atoms with Gasteiger partial charge in [0.2, 0.25) is 0 Å². The Morgan fingerprint density at radius 2 is 0.699 bits per heavy atom. The fraction of sp³-hybridized carbons (Fsp3) is 0.631. The molecule has 6 aromatic carbocycles. The van der Waals surface area contributed by atoms with Gasteiger partial charge in [0.15, 0.2) is 5.78 Å². The summed E-state index contributed by atoms with van der Waals surface area (Å²) >= 11 is 0. The summed E-state index contributed by atoms with van der Waals surface area (Å²) in [6.45, 7) is 21.5. The van der Waals surface area contributed by atoms with Crippen molar-refractivity contribution in [3.63, 3.8) is 0 Å². The van der Waals surface area contributed by atoms with Gasteiger partial charge in [0.05, 0.1) is 36.6 Å².